The Hall–Kier alpha value is -1.66. The van der Waals surface area contributed by atoms with Gasteiger partial charge in [0.15, 0.2) is 6.10 Å². The van der Waals surface area contributed by atoms with Crippen molar-refractivity contribution >= 4 is 27.6 Å². The fourth-order valence-electron chi connectivity index (χ4n) is 5.77. The van der Waals surface area contributed by atoms with Crippen LogP contribution in [0.3, 0.4) is 0 Å². The van der Waals surface area contributed by atoms with Crippen molar-refractivity contribution in [3.05, 3.63) is 36.5 Å². The molecule has 0 amide bonds. The Bertz CT molecular complexity index is 1150. The van der Waals surface area contributed by atoms with Crippen LogP contribution >= 0.6 is 15.6 Å². The lowest BCUT2D eigenvalue weighted by Gasteiger charge is -2.20. The van der Waals surface area contributed by atoms with E-state index in [9.17, 15) is 28.7 Å². The number of allylic oxidation sites excluding steroid dienone is 6. The third kappa shape index (κ3) is 42.3. The molecule has 334 valence electrons. The van der Waals surface area contributed by atoms with Gasteiger partial charge in [-0.05, 0) is 44.9 Å². The Morgan fingerprint density at radius 3 is 1.49 bits per heavy atom. The lowest BCUT2D eigenvalue weighted by atomic mass is 10.0. The molecule has 0 aromatic carbocycles. The quantitative estimate of drug-likeness (QED) is 0.0196. The predicted octanol–water partition coefficient (Wildman–Crippen LogP) is 10.9. The normalized spacial score (nSPS) is 14.4. The third-order valence-corrected chi connectivity index (χ3v) is 10.5. The summed E-state index contributed by atoms with van der Waals surface area (Å²) in [6.45, 7) is 1.64. The minimum atomic E-state index is -4.86. The van der Waals surface area contributed by atoms with Crippen molar-refractivity contribution < 1.29 is 61.6 Å². The highest BCUT2D eigenvalue weighted by atomic mass is 31.2. The number of hydrogen-bond acceptors (Lipinski definition) is 10. The number of phosphoric ester groups is 2. The molecule has 3 atom stereocenters. The second-order valence-electron chi connectivity index (χ2n) is 14.6. The van der Waals surface area contributed by atoms with Crippen LogP contribution in [0.1, 0.15) is 181 Å². The van der Waals surface area contributed by atoms with E-state index in [4.69, 9.17) is 23.8 Å². The molecular formula is C42H78O13P2. The SMILES string of the molecule is CC/C=C\C/C=C\C/C=C\CCCCCCCC(=O)O[C@H](COC(=O)CCCCCCCCCCCCCCCCC)COP(=O)(O)OC[C@@H](O)COP(=O)(O)O. The maximum absolute atomic E-state index is 12.6. The Balaban J connectivity index is 4.53. The van der Waals surface area contributed by atoms with Gasteiger partial charge in [-0.2, -0.15) is 0 Å². The van der Waals surface area contributed by atoms with E-state index in [-0.39, 0.29) is 19.4 Å². The average Bonchev–Trinajstić information content (AvgIpc) is 3.17. The first kappa shape index (κ1) is 55.3. The molecule has 0 heterocycles. The van der Waals surface area contributed by atoms with Crippen molar-refractivity contribution in [2.75, 3.05) is 26.4 Å². The Labute approximate surface area is 344 Å². The van der Waals surface area contributed by atoms with Gasteiger partial charge in [-0.1, -0.05) is 159 Å². The van der Waals surface area contributed by atoms with Crippen LogP contribution in [0.5, 0.6) is 0 Å². The summed E-state index contributed by atoms with van der Waals surface area (Å²) in [7, 11) is -9.67. The molecule has 0 radical (unpaired) electrons. The van der Waals surface area contributed by atoms with E-state index >= 15 is 0 Å². The smallest absolute Gasteiger partial charge is 0.462 e. The lowest BCUT2D eigenvalue weighted by Crippen LogP contribution is -2.30. The van der Waals surface area contributed by atoms with Gasteiger partial charge in [0, 0.05) is 12.8 Å². The first-order chi connectivity index (χ1) is 27.4. The number of carbonyl (C=O) groups is 2. The van der Waals surface area contributed by atoms with Crippen LogP contribution in [0.2, 0.25) is 0 Å². The topological polar surface area (TPSA) is 195 Å². The molecule has 0 fully saturated rings. The van der Waals surface area contributed by atoms with E-state index in [2.05, 4.69) is 59.4 Å². The summed E-state index contributed by atoms with van der Waals surface area (Å²) >= 11 is 0. The number of aliphatic hydroxyl groups is 1. The zero-order valence-electron chi connectivity index (χ0n) is 35.2. The van der Waals surface area contributed by atoms with Crippen LogP contribution in [0.4, 0.5) is 0 Å². The highest BCUT2D eigenvalue weighted by Gasteiger charge is 2.28. The largest absolute Gasteiger partial charge is 0.472 e. The van der Waals surface area contributed by atoms with Crippen LogP contribution in [-0.2, 0) is 41.8 Å². The minimum absolute atomic E-state index is 0.113. The number of esters is 2. The second kappa shape index (κ2) is 38.5. The van der Waals surface area contributed by atoms with Crippen molar-refractivity contribution in [3.63, 3.8) is 0 Å². The van der Waals surface area contributed by atoms with Crippen molar-refractivity contribution in [3.8, 4) is 0 Å². The molecular weight excluding hydrogens is 774 g/mol. The summed E-state index contributed by atoms with van der Waals surface area (Å²) in [5.41, 5.74) is 0. The zero-order chi connectivity index (χ0) is 42.3. The summed E-state index contributed by atoms with van der Waals surface area (Å²) in [5.74, 6) is -1.05. The van der Waals surface area contributed by atoms with Gasteiger partial charge in [-0.15, -0.1) is 0 Å². The Kier molecular flexibility index (Phi) is 37.4. The summed E-state index contributed by atoms with van der Waals surface area (Å²) in [5, 5.41) is 9.74. The molecule has 0 aliphatic rings. The number of carbonyl (C=O) groups excluding carboxylic acids is 2. The molecule has 0 spiro atoms. The first-order valence-corrected chi connectivity index (χ1v) is 24.7. The molecule has 0 aromatic heterocycles. The highest BCUT2D eigenvalue weighted by Crippen LogP contribution is 2.43. The van der Waals surface area contributed by atoms with E-state index in [1.165, 1.54) is 70.6 Å². The molecule has 0 rings (SSSR count). The molecule has 4 N–H and O–H groups in total. The van der Waals surface area contributed by atoms with Crippen LogP contribution in [-0.4, -0.2) is 70.4 Å². The number of unbranched alkanes of at least 4 members (excludes halogenated alkanes) is 19. The van der Waals surface area contributed by atoms with Gasteiger partial charge in [0.1, 0.15) is 12.7 Å². The fraction of sp³-hybridized carbons (Fsp3) is 0.810. The molecule has 13 nitrogen and oxygen atoms in total. The number of hydrogen-bond donors (Lipinski definition) is 4. The fourth-order valence-corrected chi connectivity index (χ4v) is 6.93. The van der Waals surface area contributed by atoms with E-state index < -0.39 is 59.6 Å². The lowest BCUT2D eigenvalue weighted by molar-refractivity contribution is -0.161. The molecule has 57 heavy (non-hydrogen) atoms. The van der Waals surface area contributed by atoms with Gasteiger partial charge in [0.2, 0.25) is 0 Å². The maximum Gasteiger partial charge on any atom is 0.472 e. The van der Waals surface area contributed by atoms with Crippen molar-refractivity contribution in [2.45, 2.75) is 193 Å². The molecule has 0 aliphatic carbocycles. The zero-order valence-corrected chi connectivity index (χ0v) is 37.0. The number of aliphatic hydroxyl groups excluding tert-OH is 1. The molecule has 0 aliphatic heterocycles. The number of ether oxygens (including phenoxy) is 2. The van der Waals surface area contributed by atoms with Gasteiger partial charge in [-0.25, -0.2) is 9.13 Å². The molecule has 0 aromatic rings. The van der Waals surface area contributed by atoms with Crippen LogP contribution < -0.4 is 0 Å². The second-order valence-corrected chi connectivity index (χ2v) is 17.3. The molecule has 0 bridgehead atoms. The Morgan fingerprint density at radius 1 is 0.526 bits per heavy atom. The monoisotopic (exact) mass is 852 g/mol. The standard InChI is InChI=1S/C42H78O13P2/c1-3-5-7-9-11-13-15-17-19-21-23-25-27-29-31-33-41(44)51-37-40(38-54-57(49,50)53-36-39(43)35-52-56(46,47)48)55-42(45)34-32-30-28-26-24-22-20-18-16-14-12-10-8-6-4-2/h6,8,12,14,18,20,39-40,43H,3-5,7,9-11,13,15-17,19,21-38H2,1-2H3,(H,49,50)(H2,46,47,48)/b8-6-,14-12-,20-18-/t39-,40+/m0/s1. The molecule has 0 saturated carbocycles. The van der Waals surface area contributed by atoms with Crippen LogP contribution in [0.15, 0.2) is 36.5 Å². The first-order valence-electron chi connectivity index (χ1n) is 21.7. The number of phosphoric acid groups is 2. The highest BCUT2D eigenvalue weighted by molar-refractivity contribution is 7.47. The minimum Gasteiger partial charge on any atom is -0.462 e. The third-order valence-electron chi connectivity index (χ3n) is 9.03. The summed E-state index contributed by atoms with van der Waals surface area (Å²) in [6.07, 6.45) is 37.1. The Morgan fingerprint density at radius 2 is 0.965 bits per heavy atom. The average molecular weight is 853 g/mol. The van der Waals surface area contributed by atoms with Crippen molar-refractivity contribution in [1.82, 2.24) is 0 Å². The van der Waals surface area contributed by atoms with Gasteiger partial charge in [0.05, 0.1) is 19.8 Å². The van der Waals surface area contributed by atoms with Crippen LogP contribution in [0, 0.1) is 0 Å². The van der Waals surface area contributed by atoms with Crippen LogP contribution in [0.25, 0.3) is 0 Å². The summed E-state index contributed by atoms with van der Waals surface area (Å²) in [4.78, 5) is 52.6. The summed E-state index contributed by atoms with van der Waals surface area (Å²) < 4.78 is 47.7. The predicted molar refractivity (Wildman–Crippen MR) is 225 cm³/mol. The van der Waals surface area contributed by atoms with E-state index in [1.807, 2.05) is 0 Å². The van der Waals surface area contributed by atoms with Crippen molar-refractivity contribution in [1.29, 1.82) is 0 Å². The van der Waals surface area contributed by atoms with E-state index in [0.717, 1.165) is 70.6 Å². The van der Waals surface area contributed by atoms with Gasteiger partial charge in [-0.3, -0.25) is 23.2 Å². The number of rotatable bonds is 41. The van der Waals surface area contributed by atoms with Gasteiger partial charge >= 0.3 is 27.6 Å². The van der Waals surface area contributed by atoms with E-state index in [0.29, 0.717) is 12.8 Å². The van der Waals surface area contributed by atoms with Crippen molar-refractivity contribution in [2.24, 2.45) is 0 Å². The maximum atomic E-state index is 12.6. The molecule has 15 heteroatoms. The van der Waals surface area contributed by atoms with Gasteiger partial charge < -0.3 is 29.3 Å². The molecule has 0 saturated heterocycles. The van der Waals surface area contributed by atoms with E-state index in [1.54, 1.807) is 0 Å². The van der Waals surface area contributed by atoms with Gasteiger partial charge in [0.25, 0.3) is 0 Å². The molecule has 1 unspecified atom stereocenters. The summed E-state index contributed by atoms with van der Waals surface area (Å²) in [6, 6.07) is 0.